The van der Waals surface area contributed by atoms with Crippen molar-refractivity contribution >= 4 is 23.0 Å². The van der Waals surface area contributed by atoms with Crippen LogP contribution in [0.4, 0.5) is 0 Å². The van der Waals surface area contributed by atoms with Crippen LogP contribution >= 0.6 is 0 Å². The molecule has 2 aromatic rings. The molecule has 2 fully saturated rings. The van der Waals surface area contributed by atoms with Crippen LogP contribution in [0.1, 0.15) is 57.1 Å². The van der Waals surface area contributed by atoms with Crippen LogP contribution in [0.3, 0.4) is 0 Å². The average Bonchev–Trinajstić information content (AvgIpc) is 3.41. The van der Waals surface area contributed by atoms with Gasteiger partial charge in [-0.1, -0.05) is 12.8 Å². The summed E-state index contributed by atoms with van der Waals surface area (Å²) in [6.45, 7) is 4.05. The van der Waals surface area contributed by atoms with Gasteiger partial charge in [-0.25, -0.2) is 14.6 Å². The molecule has 2 aromatic heterocycles. The van der Waals surface area contributed by atoms with Gasteiger partial charge in [0.1, 0.15) is 5.52 Å². The highest BCUT2D eigenvalue weighted by atomic mass is 16.2. The van der Waals surface area contributed by atoms with Crippen molar-refractivity contribution in [2.24, 2.45) is 5.92 Å². The topological polar surface area (TPSA) is 93.0 Å². The van der Waals surface area contributed by atoms with E-state index in [-0.39, 0.29) is 17.7 Å². The molecule has 8 nitrogen and oxygen atoms in total. The molecule has 1 aliphatic carbocycles. The SMILES string of the molecule is CC(=O)NCCn1nc([C@@H]2CCN(C(=O)CC3CCCC3)C2)c2nccnc21. The van der Waals surface area contributed by atoms with Crippen LogP contribution in [0.15, 0.2) is 12.4 Å². The van der Waals surface area contributed by atoms with Crippen molar-refractivity contribution in [1.82, 2.24) is 30.0 Å². The maximum atomic E-state index is 12.7. The summed E-state index contributed by atoms with van der Waals surface area (Å²) in [5.74, 6) is 0.991. The fourth-order valence-corrected chi connectivity index (χ4v) is 4.49. The first kappa shape index (κ1) is 18.8. The zero-order chi connectivity index (χ0) is 19.5. The van der Waals surface area contributed by atoms with Gasteiger partial charge in [0.25, 0.3) is 0 Å². The van der Waals surface area contributed by atoms with Crippen molar-refractivity contribution in [3.8, 4) is 0 Å². The molecule has 3 heterocycles. The molecule has 2 aliphatic rings. The lowest BCUT2D eigenvalue weighted by molar-refractivity contribution is -0.131. The Labute approximate surface area is 164 Å². The lowest BCUT2D eigenvalue weighted by Crippen LogP contribution is -2.29. The van der Waals surface area contributed by atoms with Gasteiger partial charge >= 0.3 is 0 Å². The van der Waals surface area contributed by atoms with Gasteiger partial charge in [-0.05, 0) is 25.2 Å². The van der Waals surface area contributed by atoms with Crippen LogP contribution < -0.4 is 5.32 Å². The fraction of sp³-hybridized carbons (Fsp3) is 0.650. The molecule has 1 N–H and O–H groups in total. The summed E-state index contributed by atoms with van der Waals surface area (Å²) in [6, 6.07) is 0. The smallest absolute Gasteiger partial charge is 0.222 e. The normalized spacial score (nSPS) is 20.2. The summed E-state index contributed by atoms with van der Waals surface area (Å²) in [7, 11) is 0. The van der Waals surface area contributed by atoms with Gasteiger partial charge in [0.15, 0.2) is 5.65 Å². The molecule has 1 atom stereocenters. The van der Waals surface area contributed by atoms with E-state index in [0.29, 0.717) is 32.0 Å². The van der Waals surface area contributed by atoms with Crippen LogP contribution in [-0.4, -0.2) is 56.1 Å². The summed E-state index contributed by atoms with van der Waals surface area (Å²) >= 11 is 0. The minimum atomic E-state index is -0.0602. The predicted octanol–water partition coefficient (Wildman–Crippen LogP) is 1.86. The first-order chi connectivity index (χ1) is 13.6. The first-order valence-corrected chi connectivity index (χ1v) is 10.3. The van der Waals surface area contributed by atoms with Gasteiger partial charge in [0.05, 0.1) is 12.2 Å². The van der Waals surface area contributed by atoms with Crippen molar-refractivity contribution < 1.29 is 9.59 Å². The monoisotopic (exact) mass is 384 g/mol. The van der Waals surface area contributed by atoms with E-state index in [1.807, 2.05) is 9.58 Å². The van der Waals surface area contributed by atoms with Crippen molar-refractivity contribution in [2.75, 3.05) is 19.6 Å². The van der Waals surface area contributed by atoms with Gasteiger partial charge in [0.2, 0.25) is 11.8 Å². The number of hydrogen-bond donors (Lipinski definition) is 1. The molecule has 1 aliphatic heterocycles. The quantitative estimate of drug-likeness (QED) is 0.821. The number of nitrogens with zero attached hydrogens (tertiary/aromatic N) is 5. The zero-order valence-corrected chi connectivity index (χ0v) is 16.4. The van der Waals surface area contributed by atoms with Crippen molar-refractivity contribution in [3.63, 3.8) is 0 Å². The summed E-state index contributed by atoms with van der Waals surface area (Å²) in [6.07, 6.45) is 9.87. The van der Waals surface area contributed by atoms with E-state index in [0.717, 1.165) is 29.8 Å². The zero-order valence-electron chi connectivity index (χ0n) is 16.4. The summed E-state index contributed by atoms with van der Waals surface area (Å²) in [5, 5.41) is 7.56. The predicted molar refractivity (Wildman–Crippen MR) is 105 cm³/mol. The largest absolute Gasteiger partial charge is 0.354 e. The third-order valence-electron chi connectivity index (χ3n) is 5.96. The van der Waals surface area contributed by atoms with E-state index in [1.165, 1.54) is 32.6 Å². The van der Waals surface area contributed by atoms with Crippen LogP contribution in [0.25, 0.3) is 11.2 Å². The third kappa shape index (κ3) is 4.00. The van der Waals surface area contributed by atoms with E-state index >= 15 is 0 Å². The first-order valence-electron chi connectivity index (χ1n) is 10.3. The second-order valence-corrected chi connectivity index (χ2v) is 8.00. The number of aromatic nitrogens is 4. The Hall–Kier alpha value is -2.51. The fourth-order valence-electron chi connectivity index (χ4n) is 4.49. The Morgan fingerprint density at radius 2 is 1.96 bits per heavy atom. The van der Waals surface area contributed by atoms with E-state index in [1.54, 1.807) is 12.4 Å². The Morgan fingerprint density at radius 3 is 2.75 bits per heavy atom. The minimum absolute atomic E-state index is 0.0602. The highest BCUT2D eigenvalue weighted by Gasteiger charge is 2.32. The highest BCUT2D eigenvalue weighted by Crippen LogP contribution is 2.33. The molecule has 0 aromatic carbocycles. The van der Waals surface area contributed by atoms with Crippen LogP contribution in [-0.2, 0) is 16.1 Å². The standard InChI is InChI=1S/C20H28N6O2/c1-14(27)21-9-11-26-20-19(22-7-8-23-20)18(24-26)16-6-10-25(13-16)17(28)12-15-4-2-3-5-15/h7-8,15-16H,2-6,9-13H2,1H3,(H,21,27)/t16-/m1/s1. The van der Waals surface area contributed by atoms with Gasteiger partial charge in [-0.3, -0.25) is 9.59 Å². The highest BCUT2D eigenvalue weighted by molar-refractivity contribution is 5.78. The van der Waals surface area contributed by atoms with Gasteiger partial charge in [0, 0.05) is 51.3 Å². The third-order valence-corrected chi connectivity index (χ3v) is 5.96. The minimum Gasteiger partial charge on any atom is -0.354 e. The number of amides is 2. The molecular weight excluding hydrogens is 356 g/mol. The number of rotatable bonds is 6. The molecule has 1 saturated carbocycles. The van der Waals surface area contributed by atoms with Crippen molar-refractivity contribution in [1.29, 1.82) is 0 Å². The molecule has 0 unspecified atom stereocenters. The van der Waals surface area contributed by atoms with Crippen LogP contribution in [0.5, 0.6) is 0 Å². The molecule has 150 valence electrons. The molecule has 28 heavy (non-hydrogen) atoms. The lowest BCUT2D eigenvalue weighted by Gasteiger charge is -2.18. The lowest BCUT2D eigenvalue weighted by atomic mass is 10.0. The van der Waals surface area contributed by atoms with E-state index < -0.39 is 0 Å². The number of likely N-dealkylation sites (tertiary alicyclic amines) is 1. The van der Waals surface area contributed by atoms with Crippen molar-refractivity contribution in [2.45, 2.75) is 57.9 Å². The van der Waals surface area contributed by atoms with E-state index in [2.05, 4.69) is 15.3 Å². The number of nitrogens with one attached hydrogen (secondary N) is 1. The number of fused-ring (bicyclic) bond motifs is 1. The molecule has 0 radical (unpaired) electrons. The van der Waals surface area contributed by atoms with E-state index in [9.17, 15) is 9.59 Å². The molecule has 0 bridgehead atoms. The Morgan fingerprint density at radius 1 is 1.18 bits per heavy atom. The number of carbonyl (C=O) groups is 2. The van der Waals surface area contributed by atoms with Gasteiger partial charge < -0.3 is 10.2 Å². The molecule has 2 amide bonds. The van der Waals surface area contributed by atoms with E-state index in [4.69, 9.17) is 5.10 Å². The summed E-state index contributed by atoms with van der Waals surface area (Å²) < 4.78 is 1.82. The Bertz CT molecular complexity index is 857. The molecule has 0 spiro atoms. The molecule has 4 rings (SSSR count). The summed E-state index contributed by atoms with van der Waals surface area (Å²) in [5.41, 5.74) is 2.46. The Kier molecular flexibility index (Phi) is 5.54. The maximum absolute atomic E-state index is 12.7. The second-order valence-electron chi connectivity index (χ2n) is 8.00. The van der Waals surface area contributed by atoms with Crippen molar-refractivity contribution in [3.05, 3.63) is 18.1 Å². The molecular formula is C20H28N6O2. The Balaban J connectivity index is 1.46. The van der Waals surface area contributed by atoms with Crippen LogP contribution in [0.2, 0.25) is 0 Å². The summed E-state index contributed by atoms with van der Waals surface area (Å²) in [4.78, 5) is 34.8. The van der Waals surface area contributed by atoms with Gasteiger partial charge in [-0.15, -0.1) is 0 Å². The molecule has 1 saturated heterocycles. The number of hydrogen-bond acceptors (Lipinski definition) is 5. The average molecular weight is 384 g/mol. The molecule has 8 heteroatoms. The van der Waals surface area contributed by atoms with Gasteiger partial charge in [-0.2, -0.15) is 5.10 Å². The second kappa shape index (κ2) is 8.24. The maximum Gasteiger partial charge on any atom is 0.222 e. The number of carbonyl (C=O) groups excluding carboxylic acids is 2. The van der Waals surface area contributed by atoms with Crippen LogP contribution in [0, 0.1) is 5.92 Å².